The number of para-hydroxylation sites is 1. The van der Waals surface area contributed by atoms with Crippen molar-refractivity contribution < 1.29 is 29.0 Å². The summed E-state index contributed by atoms with van der Waals surface area (Å²) in [5, 5.41) is 11.0. The summed E-state index contributed by atoms with van der Waals surface area (Å²) in [6, 6.07) is 13.1. The Morgan fingerprint density at radius 1 is 1.27 bits per heavy atom. The smallest absolute Gasteiger partial charge is 0.312 e. The molecule has 0 unspecified atom stereocenters. The molecular formula is C31H35ClN2O6. The van der Waals surface area contributed by atoms with Gasteiger partial charge in [0.1, 0.15) is 11.6 Å². The average Bonchev–Trinajstić information content (AvgIpc) is 3.59. The van der Waals surface area contributed by atoms with E-state index in [-0.39, 0.29) is 31.6 Å². The largest absolute Gasteiger partial charge is 0.466 e. The van der Waals surface area contributed by atoms with Crippen molar-refractivity contribution in [3.8, 4) is 0 Å². The second-order valence-electron chi connectivity index (χ2n) is 10.7. The Hall–Kier alpha value is -3.20. The van der Waals surface area contributed by atoms with Gasteiger partial charge in [-0.05, 0) is 50.3 Å². The number of hydrogen-bond donors (Lipinski definition) is 1. The normalized spacial score (nSPS) is 27.4. The van der Waals surface area contributed by atoms with E-state index in [9.17, 15) is 19.5 Å². The van der Waals surface area contributed by atoms with Crippen LogP contribution in [0.15, 0.2) is 61.2 Å². The van der Waals surface area contributed by atoms with Crippen molar-refractivity contribution in [1.29, 1.82) is 0 Å². The molecular weight excluding hydrogens is 532 g/mol. The van der Waals surface area contributed by atoms with Gasteiger partial charge in [-0.25, -0.2) is 0 Å². The number of ether oxygens (including phenoxy) is 2. The van der Waals surface area contributed by atoms with Gasteiger partial charge in [-0.2, -0.15) is 0 Å². The summed E-state index contributed by atoms with van der Waals surface area (Å²) in [6.45, 7) is 7.39. The maximum absolute atomic E-state index is 14.7. The van der Waals surface area contributed by atoms with Gasteiger partial charge in [-0.15, -0.1) is 6.58 Å². The first kappa shape index (κ1) is 28.3. The van der Waals surface area contributed by atoms with Gasteiger partial charge in [0.25, 0.3) is 5.91 Å². The molecule has 0 saturated carbocycles. The fraction of sp³-hybridized carbons (Fsp3) is 0.452. The van der Waals surface area contributed by atoms with Crippen LogP contribution in [0, 0.1) is 18.8 Å². The SMILES string of the molecule is C=CCN(C(=O)[C@H]1N([C@@H](CO)Cc2ccccc2)C(=O)[C@@H]2[C@@H](C(=O)OCC)[C@H]3CC[C@]21O3)c1c(C)cccc1Cl. The number of aliphatic hydroxyl groups is 1. The van der Waals surface area contributed by atoms with Crippen LogP contribution in [0.1, 0.15) is 30.9 Å². The number of benzene rings is 2. The van der Waals surface area contributed by atoms with Gasteiger partial charge in [-0.1, -0.05) is 60.1 Å². The second-order valence-corrected chi connectivity index (χ2v) is 11.1. The van der Waals surface area contributed by atoms with Crippen LogP contribution in [0.3, 0.4) is 0 Å². The van der Waals surface area contributed by atoms with Crippen molar-refractivity contribution in [2.24, 2.45) is 11.8 Å². The van der Waals surface area contributed by atoms with Crippen LogP contribution in [-0.4, -0.2) is 71.3 Å². The number of rotatable bonds is 10. The number of hydrogen-bond acceptors (Lipinski definition) is 6. The fourth-order valence-corrected chi connectivity index (χ4v) is 7.26. The molecule has 3 fully saturated rings. The second kappa shape index (κ2) is 11.4. The predicted octanol–water partition coefficient (Wildman–Crippen LogP) is 3.71. The Bertz CT molecular complexity index is 1280. The number of esters is 1. The summed E-state index contributed by atoms with van der Waals surface area (Å²) >= 11 is 6.62. The molecule has 9 heteroatoms. The molecule has 0 aliphatic carbocycles. The third-order valence-electron chi connectivity index (χ3n) is 8.49. The molecule has 2 amide bonds. The number of nitrogens with zero attached hydrogens (tertiary/aromatic N) is 2. The van der Waals surface area contributed by atoms with Crippen LogP contribution < -0.4 is 4.90 Å². The number of fused-ring (bicyclic) bond motifs is 1. The quantitative estimate of drug-likeness (QED) is 0.348. The van der Waals surface area contributed by atoms with Crippen LogP contribution in [0.2, 0.25) is 5.02 Å². The molecule has 0 aromatic heterocycles. The molecule has 5 rings (SSSR count). The Kier molecular flexibility index (Phi) is 8.04. The first-order valence-electron chi connectivity index (χ1n) is 13.8. The number of amides is 2. The zero-order chi connectivity index (χ0) is 28.6. The van der Waals surface area contributed by atoms with Gasteiger partial charge < -0.3 is 24.4 Å². The lowest BCUT2D eigenvalue weighted by atomic mass is 9.70. The molecule has 2 aromatic carbocycles. The molecule has 3 saturated heterocycles. The highest BCUT2D eigenvalue weighted by Crippen LogP contribution is 2.59. The topological polar surface area (TPSA) is 96.4 Å². The minimum absolute atomic E-state index is 0.149. The lowest BCUT2D eigenvalue weighted by Crippen LogP contribution is -2.59. The minimum atomic E-state index is -1.23. The first-order valence-corrected chi connectivity index (χ1v) is 14.2. The predicted molar refractivity (Wildman–Crippen MR) is 151 cm³/mol. The number of likely N-dealkylation sites (tertiary alicyclic amines) is 1. The van der Waals surface area contributed by atoms with E-state index in [2.05, 4.69) is 6.58 Å². The van der Waals surface area contributed by atoms with Crippen molar-refractivity contribution in [1.82, 2.24) is 4.90 Å². The van der Waals surface area contributed by atoms with Gasteiger partial charge in [0, 0.05) is 6.54 Å². The van der Waals surface area contributed by atoms with Gasteiger partial charge in [0.2, 0.25) is 5.91 Å². The third-order valence-corrected chi connectivity index (χ3v) is 8.79. The minimum Gasteiger partial charge on any atom is -0.466 e. The van der Waals surface area contributed by atoms with E-state index < -0.39 is 41.6 Å². The Morgan fingerprint density at radius 2 is 2.02 bits per heavy atom. The Morgan fingerprint density at radius 3 is 2.67 bits per heavy atom. The third kappa shape index (κ3) is 4.52. The molecule has 3 aliphatic rings. The number of carbonyl (C=O) groups is 3. The maximum Gasteiger partial charge on any atom is 0.312 e. The summed E-state index contributed by atoms with van der Waals surface area (Å²) in [7, 11) is 0. The molecule has 1 spiro atoms. The standard InChI is InChI=1S/C31H35ClN2O6/c1-4-16-33(26-19(3)10-9-13-22(26)32)29(37)27-31-15-14-23(40-31)24(30(38)39-5-2)25(31)28(36)34(27)21(18-35)17-20-11-7-6-8-12-20/h4,6-13,21,23-25,27,35H,1,5,14-18H2,2-3H3/t21-,23-,24+,25+,27-,31+/m1/s1. The van der Waals surface area contributed by atoms with E-state index in [1.54, 1.807) is 19.1 Å². The zero-order valence-electron chi connectivity index (χ0n) is 22.8. The van der Waals surface area contributed by atoms with Crippen molar-refractivity contribution in [2.75, 3.05) is 24.7 Å². The molecule has 0 radical (unpaired) electrons. The molecule has 8 nitrogen and oxygen atoms in total. The Balaban J connectivity index is 1.63. The summed E-state index contributed by atoms with van der Waals surface area (Å²) in [5.41, 5.74) is 0.998. The van der Waals surface area contributed by atoms with E-state index in [0.717, 1.165) is 11.1 Å². The van der Waals surface area contributed by atoms with Crippen molar-refractivity contribution in [3.63, 3.8) is 0 Å². The van der Waals surface area contributed by atoms with Gasteiger partial charge >= 0.3 is 5.97 Å². The molecule has 3 heterocycles. The maximum atomic E-state index is 14.7. The average molecular weight is 567 g/mol. The molecule has 2 bridgehead atoms. The van der Waals surface area contributed by atoms with Crippen LogP contribution in [0.4, 0.5) is 5.69 Å². The molecule has 212 valence electrons. The summed E-state index contributed by atoms with van der Waals surface area (Å²) in [5.74, 6) is -2.95. The highest BCUT2D eigenvalue weighted by atomic mass is 35.5. The molecule has 3 aliphatic heterocycles. The molecule has 2 aromatic rings. The van der Waals surface area contributed by atoms with E-state index in [0.29, 0.717) is 30.0 Å². The first-order chi connectivity index (χ1) is 19.3. The number of anilines is 1. The number of aliphatic hydroxyl groups excluding tert-OH is 1. The van der Waals surface area contributed by atoms with Gasteiger partial charge in [-0.3, -0.25) is 14.4 Å². The van der Waals surface area contributed by atoms with Crippen LogP contribution in [-0.2, 0) is 30.3 Å². The van der Waals surface area contributed by atoms with E-state index in [4.69, 9.17) is 21.1 Å². The lowest BCUT2D eigenvalue weighted by molar-refractivity contribution is -0.155. The fourth-order valence-electron chi connectivity index (χ4n) is 6.94. The summed E-state index contributed by atoms with van der Waals surface area (Å²) in [4.78, 5) is 45.3. The molecule has 6 atom stereocenters. The number of aryl methyl sites for hydroxylation is 1. The summed E-state index contributed by atoms with van der Waals surface area (Å²) < 4.78 is 11.9. The van der Waals surface area contributed by atoms with E-state index in [1.165, 1.54) is 9.80 Å². The Labute approximate surface area is 239 Å². The summed E-state index contributed by atoms with van der Waals surface area (Å²) in [6.07, 6.45) is 2.39. The van der Waals surface area contributed by atoms with Crippen molar-refractivity contribution in [2.45, 2.75) is 56.9 Å². The molecule has 40 heavy (non-hydrogen) atoms. The van der Waals surface area contributed by atoms with Crippen molar-refractivity contribution in [3.05, 3.63) is 77.3 Å². The van der Waals surface area contributed by atoms with Crippen LogP contribution in [0.25, 0.3) is 0 Å². The highest BCUT2D eigenvalue weighted by molar-refractivity contribution is 6.34. The lowest BCUT2D eigenvalue weighted by Gasteiger charge is -2.39. The highest BCUT2D eigenvalue weighted by Gasteiger charge is 2.75. The number of carbonyl (C=O) groups excluding carboxylic acids is 3. The van der Waals surface area contributed by atoms with Gasteiger partial charge in [0.05, 0.1) is 47.9 Å². The van der Waals surface area contributed by atoms with Crippen molar-refractivity contribution >= 4 is 35.1 Å². The van der Waals surface area contributed by atoms with E-state index in [1.807, 2.05) is 49.4 Å². The zero-order valence-corrected chi connectivity index (χ0v) is 23.5. The van der Waals surface area contributed by atoms with E-state index >= 15 is 0 Å². The number of halogens is 1. The monoisotopic (exact) mass is 566 g/mol. The van der Waals surface area contributed by atoms with Crippen LogP contribution >= 0.6 is 11.6 Å². The molecule has 1 N–H and O–H groups in total. The van der Waals surface area contributed by atoms with Crippen LogP contribution in [0.5, 0.6) is 0 Å². The van der Waals surface area contributed by atoms with Gasteiger partial charge in [0.15, 0.2) is 0 Å².